The number of hydrogen-bond acceptors (Lipinski definition) is 3. The molecule has 126 valence electrons. The Balaban J connectivity index is 1.85. The molecule has 0 fully saturated rings. The molecule has 4 nitrogen and oxygen atoms in total. The van der Waals surface area contributed by atoms with Crippen LogP contribution in [0, 0.1) is 0 Å². The third-order valence-corrected chi connectivity index (χ3v) is 5.59. The van der Waals surface area contributed by atoms with Crippen molar-refractivity contribution in [2.24, 2.45) is 0 Å². The van der Waals surface area contributed by atoms with Crippen LogP contribution in [0.25, 0.3) is 21.8 Å². The van der Waals surface area contributed by atoms with Gasteiger partial charge >= 0.3 is 0 Å². The molecule has 0 spiro atoms. The highest BCUT2D eigenvalue weighted by Crippen LogP contribution is 2.40. The minimum absolute atomic E-state index is 0.271. The van der Waals surface area contributed by atoms with Crippen LogP contribution in [0.5, 0.6) is 0 Å². The number of carbonyl (C=O) groups excluding carboxylic acids is 2. The zero-order valence-corrected chi connectivity index (χ0v) is 14.8. The van der Waals surface area contributed by atoms with Crippen molar-refractivity contribution in [1.82, 2.24) is 4.98 Å². The van der Waals surface area contributed by atoms with E-state index in [1.165, 1.54) is 4.90 Å². The largest absolute Gasteiger partial charge is 0.354 e. The fraction of sp³-hybridized carbons (Fsp3) is 0.0476. The van der Waals surface area contributed by atoms with Gasteiger partial charge in [0.25, 0.3) is 11.8 Å². The molecule has 26 heavy (non-hydrogen) atoms. The van der Waals surface area contributed by atoms with E-state index >= 15 is 0 Å². The minimum Gasteiger partial charge on any atom is -0.354 e. The number of thioether (sulfide) groups is 1. The first-order chi connectivity index (χ1) is 12.7. The smallest absolute Gasteiger partial charge is 0.268 e. The maximum atomic E-state index is 13.2. The van der Waals surface area contributed by atoms with Gasteiger partial charge in [0.2, 0.25) is 0 Å². The average molecular weight is 358 g/mol. The molecule has 4 aromatic rings. The van der Waals surface area contributed by atoms with Crippen LogP contribution in [-0.4, -0.2) is 23.1 Å². The topological polar surface area (TPSA) is 53.2 Å². The molecule has 0 radical (unpaired) electrons. The molecule has 2 amide bonds. The van der Waals surface area contributed by atoms with E-state index in [2.05, 4.69) is 4.98 Å². The van der Waals surface area contributed by atoms with E-state index in [-0.39, 0.29) is 11.8 Å². The van der Waals surface area contributed by atoms with E-state index in [0.29, 0.717) is 16.8 Å². The van der Waals surface area contributed by atoms with Crippen LogP contribution in [0.2, 0.25) is 0 Å². The highest BCUT2D eigenvalue weighted by atomic mass is 32.2. The summed E-state index contributed by atoms with van der Waals surface area (Å²) < 4.78 is 0. The molecule has 0 unspecified atom stereocenters. The molecule has 2 heterocycles. The van der Waals surface area contributed by atoms with Crippen molar-refractivity contribution in [3.05, 3.63) is 71.8 Å². The van der Waals surface area contributed by atoms with E-state index in [1.54, 1.807) is 23.9 Å². The Morgan fingerprint density at radius 2 is 1.65 bits per heavy atom. The lowest BCUT2D eigenvalue weighted by molar-refractivity contribution is 0.0926. The number of nitrogens with zero attached hydrogens (tertiary/aromatic N) is 1. The summed E-state index contributed by atoms with van der Waals surface area (Å²) >= 11 is 1.58. The first-order valence-corrected chi connectivity index (χ1v) is 9.48. The van der Waals surface area contributed by atoms with Gasteiger partial charge in [0.05, 0.1) is 22.3 Å². The highest BCUT2D eigenvalue weighted by Gasteiger charge is 2.39. The van der Waals surface area contributed by atoms with Gasteiger partial charge in [0.15, 0.2) is 0 Å². The maximum absolute atomic E-state index is 13.2. The first kappa shape index (κ1) is 15.2. The number of para-hydroxylation sites is 2. The van der Waals surface area contributed by atoms with E-state index in [1.807, 2.05) is 54.8 Å². The second kappa shape index (κ2) is 5.47. The molecule has 5 rings (SSSR count). The van der Waals surface area contributed by atoms with Gasteiger partial charge in [-0.25, -0.2) is 4.90 Å². The van der Waals surface area contributed by atoms with E-state index in [4.69, 9.17) is 0 Å². The molecule has 1 aliphatic rings. The predicted octanol–water partition coefficient (Wildman–Crippen LogP) is 4.84. The van der Waals surface area contributed by atoms with Crippen molar-refractivity contribution in [3.8, 4) is 0 Å². The molecule has 5 heteroatoms. The summed E-state index contributed by atoms with van der Waals surface area (Å²) in [5.74, 6) is -0.549. The Morgan fingerprint density at radius 1 is 0.923 bits per heavy atom. The van der Waals surface area contributed by atoms with Gasteiger partial charge in [-0.1, -0.05) is 36.4 Å². The SMILES string of the molecule is CSc1cc2c(c3[nH]c4ccccc4c13)C(=O)N(c1ccccc1)C2=O. The predicted molar refractivity (Wildman–Crippen MR) is 105 cm³/mol. The van der Waals surface area contributed by atoms with Crippen LogP contribution in [0.1, 0.15) is 20.7 Å². The minimum atomic E-state index is -0.277. The van der Waals surface area contributed by atoms with Crippen LogP contribution in [0.4, 0.5) is 5.69 Å². The lowest BCUT2D eigenvalue weighted by Crippen LogP contribution is -2.29. The van der Waals surface area contributed by atoms with E-state index in [0.717, 1.165) is 26.7 Å². The Labute approximate surface area is 153 Å². The summed E-state index contributed by atoms with van der Waals surface area (Å²) in [4.78, 5) is 31.8. The molecule has 0 aliphatic carbocycles. The summed E-state index contributed by atoms with van der Waals surface area (Å²) in [5, 5.41) is 2.07. The summed E-state index contributed by atoms with van der Waals surface area (Å²) in [7, 11) is 0. The number of fused-ring (bicyclic) bond motifs is 5. The van der Waals surface area contributed by atoms with Crippen molar-refractivity contribution in [2.45, 2.75) is 4.90 Å². The number of amides is 2. The van der Waals surface area contributed by atoms with Crippen LogP contribution in [0.3, 0.4) is 0 Å². The number of aromatic nitrogens is 1. The van der Waals surface area contributed by atoms with Crippen molar-refractivity contribution >= 4 is 51.1 Å². The first-order valence-electron chi connectivity index (χ1n) is 8.26. The van der Waals surface area contributed by atoms with E-state index in [9.17, 15) is 9.59 Å². The molecule has 0 saturated carbocycles. The Hall–Kier alpha value is -3.05. The maximum Gasteiger partial charge on any atom is 0.268 e. The van der Waals surface area contributed by atoms with Crippen molar-refractivity contribution in [2.75, 3.05) is 11.2 Å². The zero-order valence-electron chi connectivity index (χ0n) is 13.9. The monoisotopic (exact) mass is 358 g/mol. The summed E-state index contributed by atoms with van der Waals surface area (Å²) in [6.07, 6.45) is 1.99. The summed E-state index contributed by atoms with van der Waals surface area (Å²) in [6, 6.07) is 18.9. The fourth-order valence-electron chi connectivity index (χ4n) is 3.68. The summed E-state index contributed by atoms with van der Waals surface area (Å²) in [6.45, 7) is 0. The van der Waals surface area contributed by atoms with Gasteiger partial charge in [-0.3, -0.25) is 9.59 Å². The van der Waals surface area contributed by atoms with Crippen LogP contribution >= 0.6 is 11.8 Å². The van der Waals surface area contributed by atoms with Crippen LogP contribution in [0.15, 0.2) is 65.6 Å². The molecule has 0 saturated heterocycles. The quantitative estimate of drug-likeness (QED) is 0.412. The normalized spacial score (nSPS) is 13.8. The average Bonchev–Trinajstić information content (AvgIpc) is 3.17. The zero-order chi connectivity index (χ0) is 17.8. The van der Waals surface area contributed by atoms with Gasteiger partial charge in [0, 0.05) is 21.2 Å². The lowest BCUT2D eigenvalue weighted by atomic mass is 10.0. The number of rotatable bonds is 2. The number of aromatic amines is 1. The van der Waals surface area contributed by atoms with Gasteiger partial charge in [-0.2, -0.15) is 0 Å². The standard InChI is InChI=1S/C21H14N2O2S/c1-26-16-11-14-18(19-17(16)13-9-5-6-10-15(13)22-19)21(25)23(20(14)24)12-7-3-2-4-8-12/h2-11,22H,1H3. The Morgan fingerprint density at radius 3 is 2.42 bits per heavy atom. The molecule has 0 bridgehead atoms. The molecular formula is C21H14N2O2S. The molecule has 1 N–H and O–H groups in total. The molecule has 0 atom stereocenters. The second-order valence-corrected chi connectivity index (χ2v) is 7.05. The van der Waals surface area contributed by atoms with E-state index < -0.39 is 0 Å². The third-order valence-electron chi connectivity index (χ3n) is 4.83. The van der Waals surface area contributed by atoms with Crippen LogP contribution in [-0.2, 0) is 0 Å². The van der Waals surface area contributed by atoms with Crippen molar-refractivity contribution < 1.29 is 9.59 Å². The third kappa shape index (κ3) is 1.92. The Kier molecular flexibility index (Phi) is 3.21. The van der Waals surface area contributed by atoms with Gasteiger partial charge in [0.1, 0.15) is 0 Å². The van der Waals surface area contributed by atoms with Crippen molar-refractivity contribution in [3.63, 3.8) is 0 Å². The van der Waals surface area contributed by atoms with Gasteiger partial charge < -0.3 is 4.98 Å². The lowest BCUT2D eigenvalue weighted by Gasteiger charge is -2.13. The van der Waals surface area contributed by atoms with Crippen LogP contribution < -0.4 is 4.90 Å². The van der Waals surface area contributed by atoms with Gasteiger partial charge in [-0.05, 0) is 30.5 Å². The number of anilines is 1. The number of hydrogen-bond donors (Lipinski definition) is 1. The number of H-pyrrole nitrogens is 1. The van der Waals surface area contributed by atoms with Crippen molar-refractivity contribution in [1.29, 1.82) is 0 Å². The molecular weight excluding hydrogens is 344 g/mol. The molecule has 1 aromatic heterocycles. The number of nitrogens with one attached hydrogen (secondary N) is 1. The summed E-state index contributed by atoms with van der Waals surface area (Å²) in [5.41, 5.74) is 3.22. The highest BCUT2D eigenvalue weighted by molar-refractivity contribution is 7.98. The van der Waals surface area contributed by atoms with Gasteiger partial charge in [-0.15, -0.1) is 11.8 Å². The second-order valence-electron chi connectivity index (χ2n) is 6.20. The number of carbonyl (C=O) groups is 2. The molecule has 3 aromatic carbocycles. The number of benzene rings is 3. The fourth-order valence-corrected chi connectivity index (χ4v) is 4.34. The molecule has 1 aliphatic heterocycles. The number of imide groups is 1. The Bertz CT molecular complexity index is 1210.